The first-order chi connectivity index (χ1) is 9.58. The van der Waals surface area contributed by atoms with E-state index in [9.17, 15) is 4.79 Å². The minimum atomic E-state index is 0.226. The molecular weight excluding hydrogens is 246 g/mol. The Morgan fingerprint density at radius 1 is 1.05 bits per heavy atom. The van der Waals surface area contributed by atoms with E-state index in [-0.39, 0.29) is 5.92 Å². The van der Waals surface area contributed by atoms with Gasteiger partial charge in [0, 0.05) is 11.8 Å². The van der Waals surface area contributed by atoms with Gasteiger partial charge in [-0.1, -0.05) is 33.1 Å². The van der Waals surface area contributed by atoms with Crippen LogP contribution < -0.4 is 0 Å². The van der Waals surface area contributed by atoms with E-state index >= 15 is 0 Å². The van der Waals surface area contributed by atoms with Gasteiger partial charge in [0.05, 0.1) is 0 Å². The predicted octanol–water partition coefficient (Wildman–Crippen LogP) is 4.14. The molecule has 2 nitrogen and oxygen atoms in total. The maximum Gasteiger partial charge on any atom is 0.138 e. The fourth-order valence-electron chi connectivity index (χ4n) is 4.16. The summed E-state index contributed by atoms with van der Waals surface area (Å²) in [7, 11) is 2.23. The van der Waals surface area contributed by atoms with Crippen molar-refractivity contribution in [2.75, 3.05) is 20.1 Å². The van der Waals surface area contributed by atoms with Crippen LogP contribution in [-0.2, 0) is 4.79 Å². The van der Waals surface area contributed by atoms with Crippen LogP contribution in [0.4, 0.5) is 0 Å². The fraction of sp³-hybridized carbons (Fsp3) is 0.944. The Morgan fingerprint density at radius 3 is 2.35 bits per heavy atom. The largest absolute Gasteiger partial charge is 0.306 e. The van der Waals surface area contributed by atoms with Gasteiger partial charge in [0.2, 0.25) is 0 Å². The highest BCUT2D eigenvalue weighted by atomic mass is 16.1. The van der Waals surface area contributed by atoms with Crippen LogP contribution >= 0.6 is 0 Å². The molecule has 2 fully saturated rings. The Hall–Kier alpha value is -0.370. The third-order valence-corrected chi connectivity index (χ3v) is 5.63. The molecule has 1 saturated carbocycles. The molecule has 0 aromatic carbocycles. The lowest BCUT2D eigenvalue weighted by atomic mass is 9.71. The van der Waals surface area contributed by atoms with Gasteiger partial charge in [-0.2, -0.15) is 0 Å². The number of hydrogen-bond acceptors (Lipinski definition) is 2. The molecule has 0 amide bonds. The van der Waals surface area contributed by atoms with Crippen LogP contribution in [0.2, 0.25) is 0 Å². The molecule has 0 bridgehead atoms. The third kappa shape index (κ3) is 4.31. The molecule has 0 aromatic heterocycles. The smallest absolute Gasteiger partial charge is 0.138 e. The lowest BCUT2D eigenvalue weighted by molar-refractivity contribution is -0.128. The van der Waals surface area contributed by atoms with Crippen molar-refractivity contribution in [2.24, 2.45) is 23.7 Å². The highest BCUT2D eigenvalue weighted by Gasteiger charge is 2.32. The molecule has 1 heterocycles. The van der Waals surface area contributed by atoms with Crippen molar-refractivity contribution in [1.29, 1.82) is 0 Å². The summed E-state index contributed by atoms with van der Waals surface area (Å²) >= 11 is 0. The summed E-state index contributed by atoms with van der Waals surface area (Å²) in [6, 6.07) is 0. The molecule has 0 aromatic rings. The molecule has 2 rings (SSSR count). The van der Waals surface area contributed by atoms with Gasteiger partial charge in [0.25, 0.3) is 0 Å². The minimum absolute atomic E-state index is 0.226. The zero-order valence-corrected chi connectivity index (χ0v) is 13.7. The molecule has 2 atom stereocenters. The van der Waals surface area contributed by atoms with Crippen LogP contribution in [0.25, 0.3) is 0 Å². The van der Waals surface area contributed by atoms with Crippen molar-refractivity contribution in [3.05, 3.63) is 0 Å². The van der Waals surface area contributed by atoms with Gasteiger partial charge >= 0.3 is 0 Å². The van der Waals surface area contributed by atoms with E-state index in [1.54, 1.807) is 0 Å². The molecule has 1 aliphatic heterocycles. The molecule has 0 spiro atoms. The molecule has 2 unspecified atom stereocenters. The Morgan fingerprint density at radius 2 is 1.70 bits per heavy atom. The van der Waals surface area contributed by atoms with E-state index in [0.29, 0.717) is 17.6 Å². The summed E-state index contributed by atoms with van der Waals surface area (Å²) in [4.78, 5) is 14.8. The van der Waals surface area contributed by atoms with Crippen LogP contribution in [0.1, 0.15) is 65.2 Å². The van der Waals surface area contributed by atoms with Gasteiger partial charge in [-0.15, -0.1) is 0 Å². The molecule has 0 N–H and O–H groups in total. The zero-order valence-electron chi connectivity index (χ0n) is 13.7. The van der Waals surface area contributed by atoms with Gasteiger partial charge in [0.1, 0.15) is 5.78 Å². The molecule has 0 radical (unpaired) electrons. The van der Waals surface area contributed by atoms with E-state index < -0.39 is 0 Å². The molecule has 20 heavy (non-hydrogen) atoms. The Kier molecular flexibility index (Phi) is 6.07. The van der Waals surface area contributed by atoms with Crippen molar-refractivity contribution < 1.29 is 4.79 Å². The fourth-order valence-corrected chi connectivity index (χ4v) is 4.16. The lowest BCUT2D eigenvalue weighted by Gasteiger charge is -2.34. The van der Waals surface area contributed by atoms with Crippen molar-refractivity contribution >= 4 is 5.78 Å². The summed E-state index contributed by atoms with van der Waals surface area (Å²) in [5.74, 6) is 2.76. The van der Waals surface area contributed by atoms with Crippen LogP contribution in [0, 0.1) is 23.7 Å². The van der Waals surface area contributed by atoms with Crippen LogP contribution in [-0.4, -0.2) is 30.8 Å². The second-order valence-corrected chi connectivity index (χ2v) is 7.53. The Balaban J connectivity index is 1.81. The van der Waals surface area contributed by atoms with E-state index in [1.807, 2.05) is 0 Å². The molecule has 1 saturated heterocycles. The molecule has 116 valence electrons. The summed E-state index contributed by atoms with van der Waals surface area (Å²) in [6.45, 7) is 6.68. The van der Waals surface area contributed by atoms with Crippen LogP contribution in [0.5, 0.6) is 0 Å². The Bertz CT molecular complexity index is 305. The number of Topliss-reactive ketones (excluding diaryl/α,β-unsaturated/α-hetero) is 1. The van der Waals surface area contributed by atoms with E-state index in [4.69, 9.17) is 0 Å². The van der Waals surface area contributed by atoms with Crippen molar-refractivity contribution in [2.45, 2.75) is 65.2 Å². The number of carbonyl (C=O) groups is 1. The molecule has 1 aliphatic carbocycles. The lowest BCUT2D eigenvalue weighted by Crippen LogP contribution is -2.32. The van der Waals surface area contributed by atoms with Crippen molar-refractivity contribution in [3.8, 4) is 0 Å². The van der Waals surface area contributed by atoms with Gasteiger partial charge < -0.3 is 4.90 Å². The molecule has 2 heteroatoms. The highest BCUT2D eigenvalue weighted by molar-refractivity contribution is 5.83. The quantitative estimate of drug-likeness (QED) is 0.754. The van der Waals surface area contributed by atoms with Crippen LogP contribution in [0.15, 0.2) is 0 Å². The number of carbonyl (C=O) groups excluding carboxylic acids is 1. The minimum Gasteiger partial charge on any atom is -0.306 e. The van der Waals surface area contributed by atoms with Crippen LogP contribution in [0.3, 0.4) is 0 Å². The summed E-state index contributed by atoms with van der Waals surface area (Å²) in [6.07, 6.45) is 10.5. The first-order valence-electron chi connectivity index (χ1n) is 8.80. The zero-order chi connectivity index (χ0) is 14.5. The number of ketones is 1. The first kappa shape index (κ1) is 16.0. The number of piperidine rings is 1. The topological polar surface area (TPSA) is 20.3 Å². The second kappa shape index (κ2) is 7.59. The van der Waals surface area contributed by atoms with Gasteiger partial charge in [-0.25, -0.2) is 0 Å². The molecule has 2 aliphatic rings. The normalized spacial score (nSPS) is 29.8. The van der Waals surface area contributed by atoms with Gasteiger partial charge in [-0.05, 0) is 64.1 Å². The predicted molar refractivity (Wildman–Crippen MR) is 84.7 cm³/mol. The van der Waals surface area contributed by atoms with Gasteiger partial charge in [-0.3, -0.25) is 4.79 Å². The summed E-state index contributed by atoms with van der Waals surface area (Å²) < 4.78 is 0. The third-order valence-electron chi connectivity index (χ3n) is 5.63. The highest BCUT2D eigenvalue weighted by Crippen LogP contribution is 2.37. The average molecular weight is 279 g/mol. The second-order valence-electron chi connectivity index (χ2n) is 7.53. The Labute approximate surface area is 125 Å². The average Bonchev–Trinajstić information content (AvgIpc) is 2.46. The summed E-state index contributed by atoms with van der Waals surface area (Å²) in [5.41, 5.74) is 0. The first-order valence-corrected chi connectivity index (χ1v) is 8.80. The van der Waals surface area contributed by atoms with E-state index in [1.165, 1.54) is 58.0 Å². The molecular formula is C18H33NO. The van der Waals surface area contributed by atoms with Crippen molar-refractivity contribution in [3.63, 3.8) is 0 Å². The summed E-state index contributed by atoms with van der Waals surface area (Å²) in [5, 5.41) is 0. The maximum absolute atomic E-state index is 12.4. The van der Waals surface area contributed by atoms with E-state index in [0.717, 1.165) is 12.3 Å². The van der Waals surface area contributed by atoms with Gasteiger partial charge in [0.15, 0.2) is 0 Å². The number of rotatable bonds is 5. The van der Waals surface area contributed by atoms with E-state index in [2.05, 4.69) is 25.8 Å². The SMILES string of the molecule is CC(C)C(=O)C1CCCCC1CCC1CCN(C)CC1. The number of hydrogen-bond donors (Lipinski definition) is 0. The number of likely N-dealkylation sites (tertiary alicyclic amines) is 1. The standard InChI is InChI=1S/C18H33NO/c1-14(2)18(20)17-7-5-4-6-16(17)9-8-15-10-12-19(3)13-11-15/h14-17H,4-13H2,1-3H3. The monoisotopic (exact) mass is 279 g/mol. The maximum atomic E-state index is 12.4. The van der Waals surface area contributed by atoms with Crippen molar-refractivity contribution in [1.82, 2.24) is 4.90 Å². The number of nitrogens with zero attached hydrogens (tertiary/aromatic N) is 1.